The van der Waals surface area contributed by atoms with E-state index in [-0.39, 0.29) is 12.0 Å². The second-order valence-corrected chi connectivity index (χ2v) is 9.05. The van der Waals surface area contributed by atoms with E-state index in [0.29, 0.717) is 11.1 Å². The Labute approximate surface area is 215 Å². The lowest BCUT2D eigenvalue weighted by atomic mass is 9.90. The van der Waals surface area contributed by atoms with Crippen LogP contribution in [0.5, 0.6) is 0 Å². The summed E-state index contributed by atoms with van der Waals surface area (Å²) in [6.07, 6.45) is 18.4. The van der Waals surface area contributed by atoms with E-state index in [9.17, 15) is 10.5 Å². The Morgan fingerprint density at radius 1 is 0.946 bits per heavy atom. The van der Waals surface area contributed by atoms with E-state index in [1.807, 2.05) is 73.7 Å². The molecule has 4 heteroatoms. The minimum absolute atomic E-state index is 0.0329. The average Bonchev–Trinajstić information content (AvgIpc) is 3.46. The van der Waals surface area contributed by atoms with E-state index < -0.39 is 0 Å². The number of nitrogens with zero attached hydrogens (tertiary/aromatic N) is 3. The van der Waals surface area contributed by atoms with Gasteiger partial charge in [-0.3, -0.25) is 0 Å². The molecule has 3 aromatic carbocycles. The highest BCUT2D eigenvalue weighted by molar-refractivity contribution is 6.07. The molecule has 2 unspecified atom stereocenters. The Balaban J connectivity index is 1.62. The largest absolute Gasteiger partial charge is 0.456 e. The highest BCUT2D eigenvalue weighted by Crippen LogP contribution is 2.46. The van der Waals surface area contributed by atoms with Crippen molar-refractivity contribution in [2.45, 2.75) is 13.0 Å². The molecule has 6 rings (SSSR count). The van der Waals surface area contributed by atoms with Gasteiger partial charge in [-0.15, -0.1) is 6.42 Å². The predicted octanol–water partition coefficient (Wildman–Crippen LogP) is 7.39. The van der Waals surface area contributed by atoms with Crippen LogP contribution in [0, 0.1) is 40.9 Å². The van der Waals surface area contributed by atoms with Crippen molar-refractivity contribution in [3.63, 3.8) is 0 Å². The van der Waals surface area contributed by atoms with Crippen LogP contribution < -0.4 is 4.90 Å². The molecule has 2 aliphatic rings. The molecule has 4 nitrogen and oxygen atoms in total. The maximum Gasteiger partial charge on any atom is 0.135 e. The molecule has 0 saturated carbocycles. The van der Waals surface area contributed by atoms with Crippen LogP contribution in [0.2, 0.25) is 0 Å². The van der Waals surface area contributed by atoms with Gasteiger partial charge in [-0.05, 0) is 55.0 Å². The van der Waals surface area contributed by atoms with Crippen LogP contribution in [0.1, 0.15) is 18.1 Å². The van der Waals surface area contributed by atoms with E-state index in [0.717, 1.165) is 50.0 Å². The lowest BCUT2D eigenvalue weighted by Crippen LogP contribution is -2.33. The Morgan fingerprint density at radius 3 is 2.49 bits per heavy atom. The van der Waals surface area contributed by atoms with Gasteiger partial charge < -0.3 is 9.32 Å². The maximum atomic E-state index is 10.2. The van der Waals surface area contributed by atoms with Gasteiger partial charge in [-0.1, -0.05) is 54.5 Å². The molecule has 0 amide bonds. The van der Waals surface area contributed by atoms with Gasteiger partial charge in [0.05, 0.1) is 34.6 Å². The van der Waals surface area contributed by atoms with Crippen LogP contribution in [0.4, 0.5) is 5.69 Å². The number of hydrogen-bond donors (Lipinski definition) is 0. The van der Waals surface area contributed by atoms with E-state index in [1.54, 1.807) is 6.07 Å². The van der Waals surface area contributed by atoms with E-state index in [1.165, 1.54) is 0 Å². The van der Waals surface area contributed by atoms with Gasteiger partial charge in [0.25, 0.3) is 0 Å². The summed E-state index contributed by atoms with van der Waals surface area (Å²) in [6, 6.07) is 21.9. The maximum absolute atomic E-state index is 10.2. The number of anilines is 1. The summed E-state index contributed by atoms with van der Waals surface area (Å²) < 4.78 is 6.04. The Kier molecular flexibility index (Phi) is 5.27. The molecule has 2 atom stereocenters. The third kappa shape index (κ3) is 3.38. The van der Waals surface area contributed by atoms with Crippen molar-refractivity contribution in [2.75, 3.05) is 4.90 Å². The van der Waals surface area contributed by atoms with Crippen molar-refractivity contribution in [2.24, 2.45) is 5.92 Å². The summed E-state index contributed by atoms with van der Waals surface area (Å²) in [7, 11) is 0. The molecule has 0 N–H and O–H groups in total. The Morgan fingerprint density at radius 2 is 1.73 bits per heavy atom. The normalized spacial score (nSPS) is 18.4. The van der Waals surface area contributed by atoms with Gasteiger partial charge in [0.1, 0.15) is 17.2 Å². The summed E-state index contributed by atoms with van der Waals surface area (Å²) >= 11 is 0. The third-order valence-corrected chi connectivity index (χ3v) is 7.06. The van der Waals surface area contributed by atoms with Crippen LogP contribution in [0.3, 0.4) is 0 Å². The molecule has 1 aliphatic carbocycles. The first-order chi connectivity index (χ1) is 18.2. The van der Waals surface area contributed by atoms with Crippen molar-refractivity contribution in [1.29, 1.82) is 10.5 Å². The quantitative estimate of drug-likeness (QED) is 0.290. The average molecular weight is 476 g/mol. The van der Waals surface area contributed by atoms with Gasteiger partial charge >= 0.3 is 0 Å². The second kappa shape index (κ2) is 8.76. The first-order valence-electron chi connectivity index (χ1n) is 12.1. The minimum atomic E-state index is -0.0350. The predicted molar refractivity (Wildman–Crippen MR) is 147 cm³/mol. The lowest BCUT2D eigenvalue weighted by Gasteiger charge is -2.32. The first kappa shape index (κ1) is 22.2. The number of fused-ring (bicyclic) bond motifs is 4. The van der Waals surface area contributed by atoms with Crippen molar-refractivity contribution in [1.82, 2.24) is 0 Å². The number of terminal acetylenes is 1. The number of furan rings is 1. The molecule has 0 radical (unpaired) electrons. The van der Waals surface area contributed by atoms with Crippen molar-refractivity contribution >= 4 is 27.6 Å². The third-order valence-electron chi connectivity index (χ3n) is 7.06. The minimum Gasteiger partial charge on any atom is -0.456 e. The topological polar surface area (TPSA) is 64.0 Å². The van der Waals surface area contributed by atoms with Crippen LogP contribution in [-0.4, -0.2) is 6.04 Å². The molecule has 0 bridgehead atoms. The zero-order chi connectivity index (χ0) is 25.5. The number of allylic oxidation sites excluding steroid dienone is 4. The van der Waals surface area contributed by atoms with Crippen LogP contribution >= 0.6 is 0 Å². The first-order valence-corrected chi connectivity index (χ1v) is 12.1. The summed E-state index contributed by atoms with van der Waals surface area (Å²) in [5, 5.41) is 21.4. The molecule has 1 aromatic heterocycles. The number of rotatable bonds is 3. The molecular formula is C33H21N3O. The smallest absolute Gasteiger partial charge is 0.135 e. The van der Waals surface area contributed by atoms with Gasteiger partial charge in [-0.25, -0.2) is 0 Å². The molecule has 4 aromatic rings. The number of para-hydroxylation sites is 1. The molecule has 0 spiro atoms. The molecular weight excluding hydrogens is 454 g/mol. The number of hydrogen-bond acceptors (Lipinski definition) is 4. The zero-order valence-corrected chi connectivity index (χ0v) is 20.1. The van der Waals surface area contributed by atoms with E-state index >= 15 is 0 Å². The summed E-state index contributed by atoms with van der Waals surface area (Å²) in [6.45, 7) is 1.97. The lowest BCUT2D eigenvalue weighted by molar-refractivity contribution is 0.669. The zero-order valence-electron chi connectivity index (χ0n) is 20.1. The fourth-order valence-corrected chi connectivity index (χ4v) is 5.48. The molecule has 37 heavy (non-hydrogen) atoms. The highest BCUT2D eigenvalue weighted by Gasteiger charge is 2.39. The van der Waals surface area contributed by atoms with Crippen LogP contribution in [-0.2, 0) is 0 Å². The van der Waals surface area contributed by atoms with Crippen LogP contribution in [0.15, 0.2) is 107 Å². The number of nitriles is 2. The molecule has 174 valence electrons. The Bertz CT molecular complexity index is 1840. The molecule has 2 heterocycles. The monoisotopic (exact) mass is 475 g/mol. The Hall–Kier alpha value is -5.24. The molecule has 1 aliphatic heterocycles. The van der Waals surface area contributed by atoms with E-state index in [4.69, 9.17) is 10.8 Å². The van der Waals surface area contributed by atoms with Crippen molar-refractivity contribution in [3.05, 3.63) is 113 Å². The highest BCUT2D eigenvalue weighted by atomic mass is 16.3. The number of benzene rings is 3. The summed E-state index contributed by atoms with van der Waals surface area (Å²) in [5.41, 5.74) is 7.16. The second-order valence-electron chi connectivity index (χ2n) is 9.05. The van der Waals surface area contributed by atoms with E-state index in [2.05, 4.69) is 41.2 Å². The van der Waals surface area contributed by atoms with Crippen LogP contribution in [0.25, 0.3) is 33.1 Å². The van der Waals surface area contributed by atoms with Crippen molar-refractivity contribution in [3.8, 4) is 35.6 Å². The van der Waals surface area contributed by atoms with Gasteiger partial charge in [0.15, 0.2) is 0 Å². The summed E-state index contributed by atoms with van der Waals surface area (Å²) in [4.78, 5) is 2.21. The van der Waals surface area contributed by atoms with Gasteiger partial charge in [-0.2, -0.15) is 10.5 Å². The summed E-state index contributed by atoms with van der Waals surface area (Å²) in [5.74, 6) is 2.96. The SMILES string of the molecule is C#CC1=C(/C=C\C)N(c2c(C#N)cccc2-c2ccc3oc4ccc(C#N)cc4c3c2)C2C=CC=CC12. The fourth-order valence-electron chi connectivity index (χ4n) is 5.48. The van der Waals surface area contributed by atoms with Crippen molar-refractivity contribution < 1.29 is 4.42 Å². The van der Waals surface area contributed by atoms with Gasteiger partial charge in [0, 0.05) is 27.8 Å². The molecule has 0 fully saturated rings. The standard InChI is InChI=1S/C33H21N3O/c1-3-8-29-24(4-2)26-10-5-6-12-30(26)36(29)33-23(20-35)9-7-11-25(33)22-14-16-32-28(18-22)27-17-21(19-34)13-15-31(27)37-32/h2-3,5-18,26,30H,1H3/b8-3-. The fraction of sp³-hybridized carbons (Fsp3) is 0.0909. The van der Waals surface area contributed by atoms with Gasteiger partial charge in [0.2, 0.25) is 0 Å². The molecule has 0 saturated heterocycles.